The molecule has 2 rings (SSSR count). The van der Waals surface area contributed by atoms with Crippen LogP contribution in [0.5, 0.6) is 0 Å². The minimum absolute atomic E-state index is 0.108. The lowest BCUT2D eigenvalue weighted by atomic mass is 10.1. The van der Waals surface area contributed by atoms with Crippen LogP contribution in [0, 0.1) is 13.8 Å². The molecular weight excluding hydrogens is 288 g/mol. The molecule has 0 aliphatic rings. The molecule has 6 heteroatoms. The van der Waals surface area contributed by atoms with E-state index in [1.807, 2.05) is 13.8 Å². The van der Waals surface area contributed by atoms with Crippen molar-refractivity contribution < 1.29 is 14.7 Å². The van der Waals surface area contributed by atoms with Gasteiger partial charge in [0.05, 0.1) is 24.2 Å². The summed E-state index contributed by atoms with van der Waals surface area (Å²) in [4.78, 5) is 28.1. The summed E-state index contributed by atoms with van der Waals surface area (Å²) >= 11 is 1.58. The maximum Gasteiger partial charge on any atom is 0.335 e. The Morgan fingerprint density at radius 2 is 1.90 bits per heavy atom. The van der Waals surface area contributed by atoms with E-state index in [0.29, 0.717) is 6.54 Å². The lowest BCUT2D eigenvalue weighted by Crippen LogP contribution is -2.24. The zero-order valence-corrected chi connectivity index (χ0v) is 12.7. The maximum atomic E-state index is 11.8. The third-order valence-electron chi connectivity index (χ3n) is 3.08. The van der Waals surface area contributed by atoms with Crippen LogP contribution in [0.4, 0.5) is 0 Å². The molecule has 1 aromatic heterocycles. The van der Waals surface area contributed by atoms with E-state index in [2.05, 4.69) is 10.3 Å². The topological polar surface area (TPSA) is 79.3 Å². The number of hydrogen-bond acceptors (Lipinski definition) is 4. The van der Waals surface area contributed by atoms with Crippen LogP contribution >= 0.6 is 11.3 Å². The predicted molar refractivity (Wildman–Crippen MR) is 80.5 cm³/mol. The summed E-state index contributed by atoms with van der Waals surface area (Å²) in [5.41, 5.74) is 1.99. The van der Waals surface area contributed by atoms with Crippen LogP contribution in [0.3, 0.4) is 0 Å². The van der Waals surface area contributed by atoms with E-state index in [-0.39, 0.29) is 17.9 Å². The van der Waals surface area contributed by atoms with Gasteiger partial charge < -0.3 is 10.4 Å². The molecule has 0 saturated heterocycles. The van der Waals surface area contributed by atoms with Crippen LogP contribution in [0.1, 0.15) is 31.5 Å². The van der Waals surface area contributed by atoms with Gasteiger partial charge in [0.15, 0.2) is 0 Å². The quantitative estimate of drug-likeness (QED) is 0.888. The fraction of sp³-hybridized carbons (Fsp3) is 0.267. The summed E-state index contributed by atoms with van der Waals surface area (Å²) in [5.74, 6) is -1.08. The first-order valence-corrected chi connectivity index (χ1v) is 7.29. The molecule has 0 unspecified atom stereocenters. The molecule has 1 heterocycles. The largest absolute Gasteiger partial charge is 0.478 e. The molecule has 0 radical (unpaired) electrons. The smallest absolute Gasteiger partial charge is 0.335 e. The minimum atomic E-state index is -0.972. The third-order valence-corrected chi connectivity index (χ3v) is 4.15. The number of hydrogen-bond donors (Lipinski definition) is 2. The number of benzene rings is 1. The zero-order chi connectivity index (χ0) is 15.4. The summed E-state index contributed by atoms with van der Waals surface area (Å²) in [7, 11) is 0. The third kappa shape index (κ3) is 4.13. The van der Waals surface area contributed by atoms with E-state index in [9.17, 15) is 9.59 Å². The first-order valence-electron chi connectivity index (χ1n) is 6.47. The van der Waals surface area contributed by atoms with Gasteiger partial charge in [-0.3, -0.25) is 4.79 Å². The molecule has 21 heavy (non-hydrogen) atoms. The van der Waals surface area contributed by atoms with Crippen molar-refractivity contribution in [2.75, 3.05) is 0 Å². The summed E-state index contributed by atoms with van der Waals surface area (Å²) in [6.07, 6.45) is 0.225. The molecule has 1 aromatic carbocycles. The number of carboxylic acid groups (broad SMARTS) is 1. The van der Waals surface area contributed by atoms with E-state index in [1.165, 1.54) is 12.1 Å². The van der Waals surface area contributed by atoms with Gasteiger partial charge >= 0.3 is 5.97 Å². The summed E-state index contributed by atoms with van der Waals surface area (Å²) < 4.78 is 0. The van der Waals surface area contributed by atoms with E-state index < -0.39 is 5.97 Å². The van der Waals surface area contributed by atoms with E-state index in [1.54, 1.807) is 23.5 Å². The number of amides is 1. The van der Waals surface area contributed by atoms with Gasteiger partial charge in [0.1, 0.15) is 5.01 Å². The Bertz CT molecular complexity index is 643. The highest BCUT2D eigenvalue weighted by Gasteiger charge is 2.08. The molecular formula is C15H16N2O3S. The van der Waals surface area contributed by atoms with Crippen molar-refractivity contribution >= 4 is 23.2 Å². The molecule has 110 valence electrons. The van der Waals surface area contributed by atoms with Gasteiger partial charge in [-0.2, -0.15) is 0 Å². The molecule has 0 spiro atoms. The highest BCUT2D eigenvalue weighted by molar-refractivity contribution is 7.11. The molecule has 5 nitrogen and oxygen atoms in total. The first-order chi connectivity index (χ1) is 9.95. The number of carbonyl (C=O) groups is 2. The van der Waals surface area contributed by atoms with Crippen LogP contribution in [-0.4, -0.2) is 22.0 Å². The molecule has 0 aliphatic carbocycles. The molecule has 2 N–H and O–H groups in total. The number of carboxylic acids is 1. The van der Waals surface area contributed by atoms with Gasteiger partial charge in [-0.1, -0.05) is 12.1 Å². The van der Waals surface area contributed by atoms with Crippen molar-refractivity contribution in [2.24, 2.45) is 0 Å². The van der Waals surface area contributed by atoms with Crippen LogP contribution in [0.25, 0.3) is 0 Å². The zero-order valence-electron chi connectivity index (χ0n) is 11.8. The lowest BCUT2D eigenvalue weighted by molar-refractivity contribution is -0.120. The minimum Gasteiger partial charge on any atom is -0.478 e. The average molecular weight is 304 g/mol. The Morgan fingerprint density at radius 3 is 2.43 bits per heavy atom. The SMILES string of the molecule is Cc1nc(CNC(=O)Cc2ccc(C(=O)O)cc2)sc1C. The number of thiazole rings is 1. The van der Waals surface area contributed by atoms with Crippen LogP contribution in [0.15, 0.2) is 24.3 Å². The van der Waals surface area contributed by atoms with Crippen LogP contribution < -0.4 is 5.32 Å². The number of carbonyl (C=O) groups excluding carboxylic acids is 1. The standard InChI is InChI=1S/C15H16N2O3S/c1-9-10(2)21-14(17-9)8-16-13(18)7-11-3-5-12(6-4-11)15(19)20/h3-6H,7-8H2,1-2H3,(H,16,18)(H,19,20). The van der Waals surface area contributed by atoms with Gasteiger partial charge in [-0.25, -0.2) is 9.78 Å². The van der Waals surface area contributed by atoms with Crippen LogP contribution in [0.2, 0.25) is 0 Å². The Labute approximate surface area is 126 Å². The van der Waals surface area contributed by atoms with Crippen molar-refractivity contribution in [3.05, 3.63) is 51.0 Å². The number of rotatable bonds is 5. The monoisotopic (exact) mass is 304 g/mol. The number of nitrogens with zero attached hydrogens (tertiary/aromatic N) is 1. The van der Waals surface area contributed by atoms with Crippen LogP contribution in [-0.2, 0) is 17.8 Å². The van der Waals surface area contributed by atoms with Gasteiger partial charge in [-0.15, -0.1) is 11.3 Å². The molecule has 2 aromatic rings. The van der Waals surface area contributed by atoms with E-state index in [0.717, 1.165) is 21.1 Å². The second-order valence-corrected chi connectivity index (χ2v) is 5.99. The first kappa shape index (κ1) is 15.2. The van der Waals surface area contributed by atoms with Crippen molar-refractivity contribution in [1.82, 2.24) is 10.3 Å². The van der Waals surface area contributed by atoms with Gasteiger partial charge in [0, 0.05) is 4.88 Å². The summed E-state index contributed by atoms with van der Waals surface area (Å²) in [6.45, 7) is 4.37. The van der Waals surface area contributed by atoms with Crippen molar-refractivity contribution in [3.63, 3.8) is 0 Å². The maximum absolute atomic E-state index is 11.8. The summed E-state index contributed by atoms with van der Waals surface area (Å²) in [5, 5.41) is 12.5. The van der Waals surface area contributed by atoms with E-state index >= 15 is 0 Å². The molecule has 0 bridgehead atoms. The summed E-state index contributed by atoms with van der Waals surface area (Å²) in [6, 6.07) is 6.30. The Balaban J connectivity index is 1.88. The number of aromatic carboxylic acids is 1. The Hall–Kier alpha value is -2.21. The molecule has 0 saturated carbocycles. The highest BCUT2D eigenvalue weighted by atomic mass is 32.1. The van der Waals surface area contributed by atoms with Crippen molar-refractivity contribution in [3.8, 4) is 0 Å². The molecule has 0 atom stereocenters. The second kappa shape index (κ2) is 6.49. The fourth-order valence-electron chi connectivity index (χ4n) is 1.80. The predicted octanol–water partition coefficient (Wildman–Crippen LogP) is 2.32. The highest BCUT2D eigenvalue weighted by Crippen LogP contribution is 2.16. The normalized spacial score (nSPS) is 10.4. The van der Waals surface area contributed by atoms with Gasteiger partial charge in [-0.05, 0) is 31.5 Å². The van der Waals surface area contributed by atoms with Crippen molar-refractivity contribution in [1.29, 1.82) is 0 Å². The average Bonchev–Trinajstić information content (AvgIpc) is 2.76. The second-order valence-electron chi connectivity index (χ2n) is 4.70. The Morgan fingerprint density at radius 1 is 1.24 bits per heavy atom. The number of nitrogens with one attached hydrogen (secondary N) is 1. The molecule has 0 aliphatic heterocycles. The number of aryl methyl sites for hydroxylation is 2. The molecule has 0 fully saturated rings. The Kier molecular flexibility index (Phi) is 4.70. The van der Waals surface area contributed by atoms with Gasteiger partial charge in [0.2, 0.25) is 5.91 Å². The lowest BCUT2D eigenvalue weighted by Gasteiger charge is -2.04. The molecule has 1 amide bonds. The number of aromatic nitrogens is 1. The fourth-order valence-corrected chi connectivity index (χ4v) is 2.68. The van der Waals surface area contributed by atoms with Gasteiger partial charge in [0.25, 0.3) is 0 Å². The van der Waals surface area contributed by atoms with E-state index in [4.69, 9.17) is 5.11 Å². The van der Waals surface area contributed by atoms with Crippen molar-refractivity contribution in [2.45, 2.75) is 26.8 Å².